The normalized spacial score (nSPS) is 10.8. The van der Waals surface area contributed by atoms with Gasteiger partial charge in [0, 0.05) is 29.9 Å². The van der Waals surface area contributed by atoms with E-state index in [1.54, 1.807) is 23.5 Å². The number of rotatable bonds is 6. The zero-order valence-corrected chi connectivity index (χ0v) is 18.7. The number of hydrogen-bond acceptors (Lipinski definition) is 6. The predicted octanol–water partition coefficient (Wildman–Crippen LogP) is 4.60. The molecular formula is C23H23N5O2S. The molecule has 2 aromatic carbocycles. The summed E-state index contributed by atoms with van der Waals surface area (Å²) in [5.74, 6) is 1.39. The summed E-state index contributed by atoms with van der Waals surface area (Å²) in [6.07, 6.45) is 0. The van der Waals surface area contributed by atoms with Gasteiger partial charge in [-0.25, -0.2) is 9.67 Å². The Hall–Kier alpha value is -3.52. The summed E-state index contributed by atoms with van der Waals surface area (Å²) < 4.78 is 15.0. The third-order valence-electron chi connectivity index (χ3n) is 5.16. The standard InChI is InChI=1S/C23H23N5O2S/c1-15-6-5-7-21(28-23(31)27(3)25-26-28)20(15)14-30-22-13-12-19(16(2)24-22)17-8-10-18(29-4)11-9-17/h5-13H,14H2,1-4H3. The summed E-state index contributed by atoms with van der Waals surface area (Å²) in [5, 5.41) is 8.17. The molecule has 8 heteroatoms. The molecule has 4 aromatic rings. The predicted molar refractivity (Wildman–Crippen MR) is 121 cm³/mol. The van der Waals surface area contributed by atoms with E-state index < -0.39 is 0 Å². The van der Waals surface area contributed by atoms with Crippen molar-refractivity contribution in [3.8, 4) is 28.4 Å². The van der Waals surface area contributed by atoms with Gasteiger partial charge in [-0.1, -0.05) is 24.3 Å². The second-order valence-electron chi connectivity index (χ2n) is 7.17. The van der Waals surface area contributed by atoms with Crippen LogP contribution in [0.1, 0.15) is 16.8 Å². The van der Waals surface area contributed by atoms with Gasteiger partial charge in [0.25, 0.3) is 0 Å². The highest BCUT2D eigenvalue weighted by molar-refractivity contribution is 7.71. The maximum absolute atomic E-state index is 6.06. The van der Waals surface area contributed by atoms with Crippen LogP contribution in [0.3, 0.4) is 0 Å². The number of methoxy groups -OCH3 is 1. The van der Waals surface area contributed by atoms with Crippen LogP contribution in [0.25, 0.3) is 16.8 Å². The molecule has 0 aliphatic heterocycles. The molecule has 2 aromatic heterocycles. The van der Waals surface area contributed by atoms with E-state index >= 15 is 0 Å². The quantitative estimate of drug-likeness (QED) is 0.414. The second-order valence-corrected chi connectivity index (χ2v) is 7.53. The number of aromatic nitrogens is 5. The summed E-state index contributed by atoms with van der Waals surface area (Å²) in [4.78, 5) is 4.65. The van der Waals surface area contributed by atoms with Gasteiger partial charge in [-0.15, -0.1) is 0 Å². The summed E-state index contributed by atoms with van der Waals surface area (Å²) in [7, 11) is 3.43. The van der Waals surface area contributed by atoms with Crippen molar-refractivity contribution in [2.45, 2.75) is 20.5 Å². The van der Waals surface area contributed by atoms with Gasteiger partial charge in [0.15, 0.2) is 0 Å². The number of pyridine rings is 1. The van der Waals surface area contributed by atoms with E-state index in [9.17, 15) is 0 Å². The molecule has 0 bridgehead atoms. The molecule has 7 nitrogen and oxygen atoms in total. The van der Waals surface area contributed by atoms with Crippen molar-refractivity contribution in [1.29, 1.82) is 0 Å². The van der Waals surface area contributed by atoms with E-state index in [0.717, 1.165) is 39.4 Å². The molecule has 2 heterocycles. The Labute approximate surface area is 185 Å². The lowest BCUT2D eigenvalue weighted by Crippen LogP contribution is -2.08. The van der Waals surface area contributed by atoms with Crippen LogP contribution in [0.4, 0.5) is 0 Å². The zero-order chi connectivity index (χ0) is 22.0. The molecule has 158 valence electrons. The fourth-order valence-electron chi connectivity index (χ4n) is 3.38. The number of nitrogens with zero attached hydrogens (tertiary/aromatic N) is 5. The van der Waals surface area contributed by atoms with Gasteiger partial charge in [-0.3, -0.25) is 0 Å². The van der Waals surface area contributed by atoms with E-state index in [1.165, 1.54) is 0 Å². The van der Waals surface area contributed by atoms with Crippen LogP contribution in [-0.4, -0.2) is 31.9 Å². The van der Waals surface area contributed by atoms with Gasteiger partial charge in [0.05, 0.1) is 12.8 Å². The van der Waals surface area contributed by atoms with Crippen LogP contribution in [0.15, 0.2) is 54.6 Å². The average molecular weight is 434 g/mol. The Balaban J connectivity index is 1.58. The van der Waals surface area contributed by atoms with E-state index in [1.807, 2.05) is 68.4 Å². The first-order valence-electron chi connectivity index (χ1n) is 9.80. The van der Waals surface area contributed by atoms with Gasteiger partial charge in [0.1, 0.15) is 12.4 Å². The molecule has 0 radical (unpaired) electrons. The third kappa shape index (κ3) is 4.20. The lowest BCUT2D eigenvalue weighted by molar-refractivity contribution is 0.292. The SMILES string of the molecule is COc1ccc(-c2ccc(OCc3c(C)cccc3-n3nnn(C)c3=S)nc2C)cc1. The molecule has 0 amide bonds. The Morgan fingerprint density at radius 2 is 1.74 bits per heavy atom. The van der Waals surface area contributed by atoms with Crippen molar-refractivity contribution in [2.24, 2.45) is 7.05 Å². The van der Waals surface area contributed by atoms with Crippen LogP contribution < -0.4 is 9.47 Å². The molecule has 0 fully saturated rings. The van der Waals surface area contributed by atoms with Gasteiger partial charge < -0.3 is 9.47 Å². The molecule has 0 unspecified atom stereocenters. The molecule has 0 atom stereocenters. The molecule has 0 aliphatic carbocycles. The first-order valence-corrected chi connectivity index (χ1v) is 10.2. The van der Waals surface area contributed by atoms with Crippen molar-refractivity contribution < 1.29 is 9.47 Å². The average Bonchev–Trinajstić information content (AvgIpc) is 3.11. The first-order chi connectivity index (χ1) is 15.0. The number of benzene rings is 2. The first kappa shape index (κ1) is 20.7. The third-order valence-corrected chi connectivity index (χ3v) is 5.60. The summed E-state index contributed by atoms with van der Waals surface area (Å²) in [6, 6.07) is 17.8. The molecular weight excluding hydrogens is 410 g/mol. The fraction of sp³-hybridized carbons (Fsp3) is 0.217. The lowest BCUT2D eigenvalue weighted by atomic mass is 10.0. The highest BCUT2D eigenvalue weighted by Gasteiger charge is 2.13. The Morgan fingerprint density at radius 3 is 2.39 bits per heavy atom. The van der Waals surface area contributed by atoms with Gasteiger partial charge in [0.2, 0.25) is 10.7 Å². The fourth-order valence-corrected chi connectivity index (χ4v) is 3.55. The van der Waals surface area contributed by atoms with Crippen LogP contribution in [0.5, 0.6) is 11.6 Å². The maximum atomic E-state index is 6.06. The minimum Gasteiger partial charge on any atom is -0.497 e. The van der Waals surface area contributed by atoms with Crippen molar-refractivity contribution in [2.75, 3.05) is 7.11 Å². The Morgan fingerprint density at radius 1 is 0.968 bits per heavy atom. The van der Waals surface area contributed by atoms with E-state index in [2.05, 4.69) is 15.4 Å². The molecule has 0 saturated heterocycles. The van der Waals surface area contributed by atoms with Crippen molar-refractivity contribution in [3.63, 3.8) is 0 Å². The van der Waals surface area contributed by atoms with Crippen LogP contribution in [-0.2, 0) is 13.7 Å². The monoisotopic (exact) mass is 433 g/mol. The molecule has 31 heavy (non-hydrogen) atoms. The smallest absolute Gasteiger partial charge is 0.220 e. The highest BCUT2D eigenvalue weighted by atomic mass is 32.1. The summed E-state index contributed by atoms with van der Waals surface area (Å²) in [5.41, 5.74) is 5.94. The van der Waals surface area contributed by atoms with E-state index in [4.69, 9.17) is 21.7 Å². The van der Waals surface area contributed by atoms with Gasteiger partial charge in [-0.05, 0) is 71.9 Å². The minimum absolute atomic E-state index is 0.342. The molecule has 0 N–H and O–H groups in total. The zero-order valence-electron chi connectivity index (χ0n) is 17.9. The number of ether oxygens (including phenoxy) is 2. The van der Waals surface area contributed by atoms with Crippen LogP contribution >= 0.6 is 12.2 Å². The van der Waals surface area contributed by atoms with Crippen molar-refractivity contribution in [3.05, 3.63) is 76.2 Å². The number of aryl methyl sites for hydroxylation is 3. The van der Waals surface area contributed by atoms with E-state index in [-0.39, 0.29) is 0 Å². The highest BCUT2D eigenvalue weighted by Crippen LogP contribution is 2.27. The number of hydrogen-bond donors (Lipinski definition) is 0. The molecule has 0 saturated carbocycles. The van der Waals surface area contributed by atoms with Crippen molar-refractivity contribution >= 4 is 12.2 Å². The largest absolute Gasteiger partial charge is 0.497 e. The van der Waals surface area contributed by atoms with Gasteiger partial charge >= 0.3 is 0 Å². The molecule has 0 spiro atoms. The molecule has 0 aliphatic rings. The topological polar surface area (TPSA) is 67.0 Å². The second kappa shape index (κ2) is 8.69. The number of tetrazole rings is 1. The van der Waals surface area contributed by atoms with Crippen molar-refractivity contribution in [1.82, 2.24) is 24.8 Å². The van der Waals surface area contributed by atoms with E-state index in [0.29, 0.717) is 17.3 Å². The summed E-state index contributed by atoms with van der Waals surface area (Å²) >= 11 is 5.42. The lowest BCUT2D eigenvalue weighted by Gasteiger charge is -2.14. The van der Waals surface area contributed by atoms with Gasteiger partial charge in [-0.2, -0.15) is 4.68 Å². The minimum atomic E-state index is 0.342. The summed E-state index contributed by atoms with van der Waals surface area (Å²) in [6.45, 7) is 4.35. The van der Waals surface area contributed by atoms with Crippen LogP contribution in [0.2, 0.25) is 0 Å². The Bertz CT molecular complexity index is 1280. The molecule has 4 rings (SSSR count). The van der Waals surface area contributed by atoms with Crippen LogP contribution in [0, 0.1) is 18.6 Å². The Kier molecular flexibility index (Phi) is 5.81. The maximum Gasteiger partial charge on any atom is 0.220 e.